The molecule has 21 heavy (non-hydrogen) atoms. The van der Waals surface area contributed by atoms with Gasteiger partial charge in [-0.1, -0.05) is 18.2 Å². The molecule has 1 unspecified atom stereocenters. The monoisotopic (exact) mass is 312 g/mol. The fourth-order valence-electron chi connectivity index (χ4n) is 2.30. The molecular weight excluding hydrogens is 296 g/mol. The first kappa shape index (κ1) is 15.5. The van der Waals surface area contributed by atoms with Crippen LogP contribution >= 0.6 is 0 Å². The van der Waals surface area contributed by atoms with Crippen LogP contribution in [0.3, 0.4) is 0 Å². The molecule has 0 spiro atoms. The molecule has 2 N–H and O–H groups in total. The first-order valence-electron chi connectivity index (χ1n) is 6.49. The van der Waals surface area contributed by atoms with Gasteiger partial charge in [0.2, 0.25) is 15.9 Å². The molecule has 0 aliphatic carbocycles. The molecule has 0 saturated carbocycles. The number of nitrogens with one attached hydrogen (secondary N) is 1. The van der Waals surface area contributed by atoms with Gasteiger partial charge in [0.1, 0.15) is 12.6 Å². The second kappa shape index (κ2) is 6.23. The summed E-state index contributed by atoms with van der Waals surface area (Å²) in [7, 11) is -3.75. The Bertz CT molecular complexity index is 629. The van der Waals surface area contributed by atoms with Crippen LogP contribution in [-0.4, -0.2) is 48.8 Å². The number of hydrogen-bond acceptors (Lipinski definition) is 4. The highest BCUT2D eigenvalue weighted by Crippen LogP contribution is 2.25. The van der Waals surface area contributed by atoms with E-state index < -0.39 is 34.5 Å². The maximum atomic E-state index is 12.5. The quantitative estimate of drug-likeness (QED) is 0.799. The molecule has 114 valence electrons. The molecule has 1 heterocycles. The number of benzene rings is 1. The molecule has 1 fully saturated rings. The van der Waals surface area contributed by atoms with E-state index in [-0.39, 0.29) is 11.4 Å². The van der Waals surface area contributed by atoms with Crippen molar-refractivity contribution < 1.29 is 23.1 Å². The average Bonchev–Trinajstić information content (AvgIpc) is 2.96. The molecule has 1 aromatic carbocycles. The average molecular weight is 312 g/mol. The van der Waals surface area contributed by atoms with E-state index in [2.05, 4.69) is 5.32 Å². The van der Waals surface area contributed by atoms with E-state index in [0.29, 0.717) is 12.8 Å². The van der Waals surface area contributed by atoms with Gasteiger partial charge in [-0.3, -0.25) is 9.59 Å². The highest BCUT2D eigenvalue weighted by Gasteiger charge is 2.39. The lowest BCUT2D eigenvalue weighted by atomic mass is 10.2. The molecule has 1 aliphatic heterocycles. The Morgan fingerprint density at radius 3 is 2.57 bits per heavy atom. The lowest BCUT2D eigenvalue weighted by Crippen LogP contribution is -2.46. The number of aliphatic carboxylic acids is 1. The molecule has 0 radical (unpaired) electrons. The Balaban J connectivity index is 2.18. The molecule has 1 saturated heterocycles. The molecule has 8 heteroatoms. The Labute approximate surface area is 122 Å². The van der Waals surface area contributed by atoms with Gasteiger partial charge in [0.15, 0.2) is 0 Å². The van der Waals surface area contributed by atoms with Gasteiger partial charge in [-0.25, -0.2) is 8.42 Å². The number of sulfonamides is 1. The van der Waals surface area contributed by atoms with Gasteiger partial charge in [0.25, 0.3) is 0 Å². The van der Waals surface area contributed by atoms with Crippen LogP contribution in [0.4, 0.5) is 0 Å². The lowest BCUT2D eigenvalue weighted by Gasteiger charge is -2.23. The molecule has 1 aliphatic rings. The summed E-state index contributed by atoms with van der Waals surface area (Å²) in [5.41, 5.74) is 0. The first-order chi connectivity index (χ1) is 9.93. The summed E-state index contributed by atoms with van der Waals surface area (Å²) in [6.07, 6.45) is 0.953. The zero-order chi connectivity index (χ0) is 15.5. The molecule has 1 aromatic rings. The Hall–Kier alpha value is -1.93. The second-order valence-electron chi connectivity index (χ2n) is 4.70. The van der Waals surface area contributed by atoms with Crippen LogP contribution in [0.1, 0.15) is 12.8 Å². The van der Waals surface area contributed by atoms with Gasteiger partial charge in [-0.05, 0) is 25.0 Å². The summed E-state index contributed by atoms with van der Waals surface area (Å²) in [6, 6.07) is 7.03. The number of amides is 1. The number of nitrogens with zero attached hydrogens (tertiary/aromatic N) is 1. The molecule has 1 atom stereocenters. The van der Waals surface area contributed by atoms with Crippen LogP contribution in [0.2, 0.25) is 0 Å². The SMILES string of the molecule is O=C(O)CNC(=O)C1CCCN1S(=O)(=O)c1ccccc1. The fraction of sp³-hybridized carbons (Fsp3) is 0.385. The van der Waals surface area contributed by atoms with E-state index in [1.807, 2.05) is 0 Å². The molecule has 7 nitrogen and oxygen atoms in total. The van der Waals surface area contributed by atoms with Crippen molar-refractivity contribution in [1.29, 1.82) is 0 Å². The van der Waals surface area contributed by atoms with Crippen molar-refractivity contribution in [3.63, 3.8) is 0 Å². The highest BCUT2D eigenvalue weighted by atomic mass is 32.2. The van der Waals surface area contributed by atoms with Crippen LogP contribution in [0.5, 0.6) is 0 Å². The number of carboxylic acids is 1. The fourth-order valence-corrected chi connectivity index (χ4v) is 3.98. The number of carboxylic acid groups (broad SMARTS) is 1. The smallest absolute Gasteiger partial charge is 0.322 e. The van der Waals surface area contributed by atoms with Crippen molar-refractivity contribution in [3.8, 4) is 0 Å². The Morgan fingerprint density at radius 2 is 1.95 bits per heavy atom. The van der Waals surface area contributed by atoms with Crippen molar-refractivity contribution in [2.24, 2.45) is 0 Å². The minimum Gasteiger partial charge on any atom is -0.480 e. The molecule has 1 amide bonds. The molecular formula is C13H16N2O5S. The molecule has 0 bridgehead atoms. The van der Waals surface area contributed by atoms with E-state index in [1.165, 1.54) is 12.1 Å². The summed E-state index contributed by atoms with van der Waals surface area (Å²) < 4.78 is 26.2. The van der Waals surface area contributed by atoms with Gasteiger partial charge in [0.05, 0.1) is 4.90 Å². The van der Waals surface area contributed by atoms with E-state index >= 15 is 0 Å². The van der Waals surface area contributed by atoms with Gasteiger partial charge in [-0.2, -0.15) is 4.31 Å². The number of carbonyl (C=O) groups is 2. The number of carbonyl (C=O) groups excluding carboxylic acids is 1. The third-order valence-corrected chi connectivity index (χ3v) is 5.19. The maximum Gasteiger partial charge on any atom is 0.322 e. The van der Waals surface area contributed by atoms with Gasteiger partial charge < -0.3 is 10.4 Å². The topological polar surface area (TPSA) is 104 Å². The van der Waals surface area contributed by atoms with Gasteiger partial charge >= 0.3 is 5.97 Å². The van der Waals surface area contributed by atoms with Crippen molar-refractivity contribution >= 4 is 21.9 Å². The van der Waals surface area contributed by atoms with E-state index in [1.54, 1.807) is 18.2 Å². The third kappa shape index (κ3) is 3.40. The summed E-state index contributed by atoms with van der Waals surface area (Å²) in [5, 5.41) is 10.8. The van der Waals surface area contributed by atoms with Gasteiger partial charge in [-0.15, -0.1) is 0 Å². The summed E-state index contributed by atoms with van der Waals surface area (Å²) in [5.74, 6) is -1.74. The molecule has 0 aromatic heterocycles. The maximum absolute atomic E-state index is 12.5. The number of rotatable bonds is 5. The Morgan fingerprint density at radius 1 is 1.29 bits per heavy atom. The Kier molecular flexibility index (Phi) is 4.59. The van der Waals surface area contributed by atoms with Crippen LogP contribution in [0.15, 0.2) is 35.2 Å². The van der Waals surface area contributed by atoms with Crippen molar-refractivity contribution in [2.45, 2.75) is 23.8 Å². The summed E-state index contributed by atoms with van der Waals surface area (Å²) >= 11 is 0. The minimum atomic E-state index is -3.75. The zero-order valence-corrected chi connectivity index (χ0v) is 12.0. The normalized spacial score (nSPS) is 19.3. The molecule has 2 rings (SSSR count). The predicted molar refractivity (Wildman–Crippen MR) is 74.0 cm³/mol. The van der Waals surface area contributed by atoms with Crippen LogP contribution in [-0.2, 0) is 19.6 Å². The predicted octanol–water partition coefficient (Wildman–Crippen LogP) is 0.0405. The largest absolute Gasteiger partial charge is 0.480 e. The summed E-state index contributed by atoms with van der Waals surface area (Å²) in [4.78, 5) is 22.6. The lowest BCUT2D eigenvalue weighted by molar-refractivity contribution is -0.138. The second-order valence-corrected chi connectivity index (χ2v) is 6.59. The van der Waals surface area contributed by atoms with Crippen molar-refractivity contribution in [2.75, 3.05) is 13.1 Å². The van der Waals surface area contributed by atoms with Crippen molar-refractivity contribution in [3.05, 3.63) is 30.3 Å². The van der Waals surface area contributed by atoms with Gasteiger partial charge in [0, 0.05) is 6.54 Å². The zero-order valence-electron chi connectivity index (χ0n) is 11.2. The van der Waals surface area contributed by atoms with Crippen LogP contribution in [0.25, 0.3) is 0 Å². The van der Waals surface area contributed by atoms with E-state index in [0.717, 1.165) is 4.31 Å². The number of hydrogen-bond donors (Lipinski definition) is 2. The van der Waals surface area contributed by atoms with Crippen molar-refractivity contribution in [1.82, 2.24) is 9.62 Å². The third-order valence-electron chi connectivity index (χ3n) is 3.27. The standard InChI is InChI=1S/C13H16N2O5S/c16-12(17)9-14-13(18)11-7-4-8-15(11)21(19,20)10-5-2-1-3-6-10/h1-3,5-6,11H,4,7-9H2,(H,14,18)(H,16,17). The highest BCUT2D eigenvalue weighted by molar-refractivity contribution is 7.89. The minimum absolute atomic E-state index is 0.128. The van der Waals surface area contributed by atoms with E-state index in [9.17, 15) is 18.0 Å². The summed E-state index contributed by atoms with van der Waals surface area (Å²) in [6.45, 7) is -0.267. The van der Waals surface area contributed by atoms with E-state index in [4.69, 9.17) is 5.11 Å². The van der Waals surface area contributed by atoms with Crippen LogP contribution in [0, 0.1) is 0 Å². The first-order valence-corrected chi connectivity index (χ1v) is 7.93. The van der Waals surface area contributed by atoms with Crippen LogP contribution < -0.4 is 5.32 Å².